The van der Waals surface area contributed by atoms with Crippen LogP contribution in [0.5, 0.6) is 0 Å². The Morgan fingerprint density at radius 3 is 2.37 bits per heavy atom. The fraction of sp³-hybridized carbons (Fsp3) is 0.133. The molecule has 0 aromatic heterocycles. The van der Waals surface area contributed by atoms with E-state index in [2.05, 4.69) is 22.0 Å². The van der Waals surface area contributed by atoms with Gasteiger partial charge < -0.3 is 0 Å². The first-order valence-electron chi connectivity index (χ1n) is 5.69. The number of halogens is 3. The molecule has 96 valence electrons. The third-order valence-corrected chi connectivity index (χ3v) is 3.94. The molecule has 0 aliphatic carbocycles. The van der Waals surface area contributed by atoms with Gasteiger partial charge in [-0.05, 0) is 41.8 Å². The van der Waals surface area contributed by atoms with Crippen LogP contribution in [-0.4, -0.2) is 0 Å². The van der Waals surface area contributed by atoms with Crippen molar-refractivity contribution in [3.63, 3.8) is 0 Å². The zero-order chi connectivity index (χ0) is 13.8. The Morgan fingerprint density at radius 2 is 1.79 bits per heavy atom. The number of nitrogens with zero attached hydrogens (tertiary/aromatic N) is 1. The molecular weight excluding hydrogens is 345 g/mol. The van der Waals surface area contributed by atoms with Gasteiger partial charge in [-0.25, -0.2) is 0 Å². The Kier molecular flexibility index (Phi) is 4.87. The lowest BCUT2D eigenvalue weighted by Crippen LogP contribution is -2.01. The Balaban J connectivity index is 2.25. The van der Waals surface area contributed by atoms with Crippen LogP contribution >= 0.6 is 39.1 Å². The molecule has 0 heterocycles. The van der Waals surface area contributed by atoms with E-state index in [0.29, 0.717) is 16.5 Å². The van der Waals surface area contributed by atoms with Crippen LogP contribution in [0.4, 0.5) is 0 Å². The summed E-state index contributed by atoms with van der Waals surface area (Å²) in [6, 6.07) is 15.5. The average molecular weight is 355 g/mol. The molecule has 0 spiro atoms. The summed E-state index contributed by atoms with van der Waals surface area (Å²) < 4.78 is 1.02. The summed E-state index contributed by atoms with van der Waals surface area (Å²) in [7, 11) is 0. The number of benzene rings is 2. The molecule has 1 nitrogen and oxygen atoms in total. The quantitative estimate of drug-likeness (QED) is 0.703. The predicted molar refractivity (Wildman–Crippen MR) is 82.7 cm³/mol. The van der Waals surface area contributed by atoms with Gasteiger partial charge in [-0.2, -0.15) is 5.26 Å². The fourth-order valence-electron chi connectivity index (χ4n) is 1.87. The topological polar surface area (TPSA) is 23.8 Å². The second-order valence-corrected chi connectivity index (χ2v) is 5.94. The number of rotatable bonds is 3. The van der Waals surface area contributed by atoms with Crippen molar-refractivity contribution < 1.29 is 0 Å². The highest BCUT2D eigenvalue weighted by atomic mass is 79.9. The van der Waals surface area contributed by atoms with Gasteiger partial charge in [0.2, 0.25) is 0 Å². The Bertz CT molecular complexity index is 617. The monoisotopic (exact) mass is 353 g/mol. The zero-order valence-corrected chi connectivity index (χ0v) is 13.0. The van der Waals surface area contributed by atoms with E-state index in [4.69, 9.17) is 23.2 Å². The first kappa shape index (κ1) is 14.4. The first-order chi connectivity index (χ1) is 9.10. The van der Waals surface area contributed by atoms with Crippen molar-refractivity contribution in [2.24, 2.45) is 0 Å². The third-order valence-electron chi connectivity index (χ3n) is 2.85. The van der Waals surface area contributed by atoms with Gasteiger partial charge in [-0.3, -0.25) is 0 Å². The van der Waals surface area contributed by atoms with E-state index in [0.717, 1.165) is 15.6 Å². The molecule has 0 radical (unpaired) electrons. The predicted octanol–water partition coefficient (Wildman–Crippen LogP) is 5.61. The van der Waals surface area contributed by atoms with E-state index in [1.807, 2.05) is 30.3 Å². The Hall–Kier alpha value is -1.01. The van der Waals surface area contributed by atoms with Crippen LogP contribution in [0.25, 0.3) is 0 Å². The molecule has 4 heteroatoms. The van der Waals surface area contributed by atoms with Crippen molar-refractivity contribution in [2.75, 3.05) is 0 Å². The van der Waals surface area contributed by atoms with Gasteiger partial charge in [0.1, 0.15) is 0 Å². The van der Waals surface area contributed by atoms with Gasteiger partial charge in [-0.1, -0.05) is 57.3 Å². The maximum absolute atomic E-state index is 9.34. The molecule has 0 unspecified atom stereocenters. The van der Waals surface area contributed by atoms with Gasteiger partial charge in [0.15, 0.2) is 0 Å². The highest BCUT2D eigenvalue weighted by Gasteiger charge is 2.15. The fourth-order valence-corrected chi connectivity index (χ4v) is 2.67. The van der Waals surface area contributed by atoms with E-state index < -0.39 is 0 Å². The van der Waals surface area contributed by atoms with E-state index in [9.17, 15) is 5.26 Å². The number of nitriles is 1. The third kappa shape index (κ3) is 3.73. The molecule has 0 saturated carbocycles. The molecule has 2 aromatic carbocycles. The van der Waals surface area contributed by atoms with E-state index in [1.54, 1.807) is 12.1 Å². The minimum atomic E-state index is -0.272. The number of hydrogen-bond acceptors (Lipinski definition) is 1. The summed E-state index contributed by atoms with van der Waals surface area (Å²) in [5.41, 5.74) is 1.91. The van der Waals surface area contributed by atoms with Crippen molar-refractivity contribution in [3.8, 4) is 6.07 Å². The molecule has 2 aromatic rings. The lowest BCUT2D eigenvalue weighted by Gasteiger charge is -2.12. The largest absolute Gasteiger partial charge is 0.198 e. The van der Waals surface area contributed by atoms with Gasteiger partial charge in [0.25, 0.3) is 0 Å². The van der Waals surface area contributed by atoms with Crippen molar-refractivity contribution in [3.05, 3.63) is 68.1 Å². The maximum atomic E-state index is 9.34. The molecule has 0 bridgehead atoms. The summed E-state index contributed by atoms with van der Waals surface area (Å²) in [6.07, 6.45) is 0.630. The molecule has 19 heavy (non-hydrogen) atoms. The summed E-state index contributed by atoms with van der Waals surface area (Å²) in [6.45, 7) is 0. The first-order valence-corrected chi connectivity index (χ1v) is 7.24. The van der Waals surface area contributed by atoms with Crippen molar-refractivity contribution >= 4 is 39.1 Å². The lowest BCUT2D eigenvalue weighted by atomic mass is 9.93. The molecular formula is C15H10BrCl2N. The number of hydrogen-bond donors (Lipinski definition) is 0. The Morgan fingerprint density at radius 1 is 1.11 bits per heavy atom. The lowest BCUT2D eigenvalue weighted by molar-refractivity contribution is 0.849. The van der Waals surface area contributed by atoms with Crippen molar-refractivity contribution in [2.45, 2.75) is 12.3 Å². The second kappa shape index (κ2) is 6.43. The van der Waals surface area contributed by atoms with Crippen LogP contribution < -0.4 is 0 Å². The van der Waals surface area contributed by atoms with Crippen LogP contribution in [0.3, 0.4) is 0 Å². The molecule has 0 amide bonds. The van der Waals surface area contributed by atoms with Crippen LogP contribution in [-0.2, 0) is 6.42 Å². The van der Waals surface area contributed by atoms with Crippen molar-refractivity contribution in [1.29, 1.82) is 5.26 Å². The highest BCUT2D eigenvalue weighted by Crippen LogP contribution is 2.29. The average Bonchev–Trinajstić information content (AvgIpc) is 2.39. The molecule has 0 saturated heterocycles. The van der Waals surface area contributed by atoms with Gasteiger partial charge in [0, 0.05) is 14.5 Å². The summed E-state index contributed by atoms with van der Waals surface area (Å²) in [4.78, 5) is 0. The van der Waals surface area contributed by atoms with Crippen LogP contribution in [0.2, 0.25) is 10.0 Å². The summed E-state index contributed by atoms with van der Waals surface area (Å²) in [5.74, 6) is -0.272. The molecule has 2 rings (SSSR count). The van der Waals surface area contributed by atoms with Crippen LogP contribution in [0.1, 0.15) is 17.0 Å². The van der Waals surface area contributed by atoms with Crippen LogP contribution in [0.15, 0.2) is 46.9 Å². The second-order valence-electron chi connectivity index (χ2n) is 4.18. The molecule has 0 aliphatic rings. The Labute approximate surface area is 130 Å². The molecule has 0 aliphatic heterocycles. The van der Waals surface area contributed by atoms with E-state index >= 15 is 0 Å². The van der Waals surface area contributed by atoms with E-state index in [1.165, 1.54) is 0 Å². The highest BCUT2D eigenvalue weighted by molar-refractivity contribution is 9.10. The summed E-state index contributed by atoms with van der Waals surface area (Å²) >= 11 is 15.4. The molecule has 0 N–H and O–H groups in total. The SMILES string of the molecule is N#C[C@H](Cc1ccc(Br)cc1)c1ccc(Cl)cc1Cl. The van der Waals surface area contributed by atoms with Gasteiger partial charge >= 0.3 is 0 Å². The molecule has 0 fully saturated rings. The zero-order valence-electron chi connectivity index (χ0n) is 9.91. The maximum Gasteiger partial charge on any atom is 0.0767 e. The normalized spacial score (nSPS) is 11.9. The molecule has 1 atom stereocenters. The minimum Gasteiger partial charge on any atom is -0.198 e. The summed E-state index contributed by atoms with van der Waals surface area (Å²) in [5, 5.41) is 10.5. The van der Waals surface area contributed by atoms with Crippen LogP contribution in [0, 0.1) is 11.3 Å². The standard InChI is InChI=1S/C15H10BrCl2N/c16-12-3-1-10(2-4-12)7-11(9-19)14-6-5-13(17)8-15(14)18/h1-6,8,11H,7H2/t11-/m0/s1. The minimum absolute atomic E-state index is 0.272. The smallest absolute Gasteiger partial charge is 0.0767 e. The van der Waals surface area contributed by atoms with Crippen molar-refractivity contribution in [1.82, 2.24) is 0 Å². The van der Waals surface area contributed by atoms with E-state index in [-0.39, 0.29) is 5.92 Å². The van der Waals surface area contributed by atoms with Gasteiger partial charge in [0.05, 0.1) is 12.0 Å². The van der Waals surface area contributed by atoms with Gasteiger partial charge in [-0.15, -0.1) is 0 Å².